The van der Waals surface area contributed by atoms with E-state index in [1.54, 1.807) is 0 Å². The van der Waals surface area contributed by atoms with E-state index in [4.69, 9.17) is 11.2 Å². The Kier molecular flexibility index (Phi) is 22.7. The SMILES string of the molecule is CCCCCCCCCCCCCCCCCCP(Cl)(CCCC)(CCCC)CCCC. The van der Waals surface area contributed by atoms with Crippen molar-refractivity contribution in [1.29, 1.82) is 0 Å². The van der Waals surface area contributed by atoms with Gasteiger partial charge in [-0.15, -0.1) is 0 Å². The first kappa shape index (κ1) is 32.7. The molecule has 0 aromatic carbocycles. The first-order valence-corrected chi connectivity index (χ1v) is 19.1. The van der Waals surface area contributed by atoms with E-state index < -0.39 is 5.96 Å². The molecule has 0 aromatic heterocycles. The van der Waals surface area contributed by atoms with Gasteiger partial charge in [-0.1, -0.05) is 39.0 Å². The maximum absolute atomic E-state index is 7.73. The summed E-state index contributed by atoms with van der Waals surface area (Å²) in [6, 6.07) is 0. The van der Waals surface area contributed by atoms with Crippen molar-refractivity contribution in [2.45, 2.75) is 169 Å². The van der Waals surface area contributed by atoms with Crippen molar-refractivity contribution in [2.24, 2.45) is 0 Å². The molecular formula is C30H64ClP. The van der Waals surface area contributed by atoms with Gasteiger partial charge in [0.15, 0.2) is 0 Å². The number of rotatable bonds is 26. The van der Waals surface area contributed by atoms with E-state index in [0.29, 0.717) is 0 Å². The number of hydrogen-bond donors (Lipinski definition) is 0. The molecule has 0 aromatic rings. The van der Waals surface area contributed by atoms with E-state index in [2.05, 4.69) is 27.7 Å². The molecule has 0 N–H and O–H groups in total. The van der Waals surface area contributed by atoms with Crippen LogP contribution in [0.3, 0.4) is 0 Å². The zero-order chi connectivity index (χ0) is 23.8. The van der Waals surface area contributed by atoms with Crippen LogP contribution in [0.4, 0.5) is 0 Å². The summed E-state index contributed by atoms with van der Waals surface area (Å²) in [6.07, 6.45) is 36.7. The van der Waals surface area contributed by atoms with Crippen LogP contribution in [0.15, 0.2) is 0 Å². The van der Waals surface area contributed by atoms with E-state index in [0.717, 1.165) is 0 Å². The van der Waals surface area contributed by atoms with Crippen LogP contribution in [-0.4, -0.2) is 24.6 Å². The zero-order valence-corrected chi connectivity index (χ0v) is 24.9. The van der Waals surface area contributed by atoms with Crippen molar-refractivity contribution in [2.75, 3.05) is 24.6 Å². The first-order valence-electron chi connectivity index (χ1n) is 15.3. The normalized spacial score (nSPS) is 13.3. The van der Waals surface area contributed by atoms with Crippen LogP contribution in [0.1, 0.15) is 169 Å². The van der Waals surface area contributed by atoms with E-state index in [1.165, 1.54) is 166 Å². The molecule has 0 nitrogen and oxygen atoms in total. The Labute approximate surface area is 210 Å². The standard InChI is InChI=1S/C30H64ClP/c1-5-9-13-14-15-16-17-18-19-20-21-22-23-24-25-26-30-32(31,27-10-6-2,28-11-7-3)29-12-8-4/h5-30H2,1-4H3. The molecule has 0 unspecified atom stereocenters. The molecule has 0 aliphatic heterocycles. The molecule has 32 heavy (non-hydrogen) atoms. The van der Waals surface area contributed by atoms with Gasteiger partial charge in [-0.05, 0) is 0 Å². The fourth-order valence-electron chi connectivity index (χ4n) is 5.39. The summed E-state index contributed by atoms with van der Waals surface area (Å²) < 4.78 is 0. The molecule has 0 spiro atoms. The molecule has 2 heteroatoms. The molecule has 0 rings (SSSR count). The summed E-state index contributed by atoms with van der Waals surface area (Å²) in [5.74, 6) is -1.98. The summed E-state index contributed by atoms with van der Waals surface area (Å²) in [5.41, 5.74) is 0. The van der Waals surface area contributed by atoms with Gasteiger partial charge >= 0.3 is 172 Å². The quantitative estimate of drug-likeness (QED) is 0.0834. The van der Waals surface area contributed by atoms with E-state index >= 15 is 0 Å². The molecule has 0 saturated heterocycles. The Morgan fingerprint density at radius 3 is 0.812 bits per heavy atom. The van der Waals surface area contributed by atoms with Gasteiger partial charge in [-0.3, -0.25) is 0 Å². The van der Waals surface area contributed by atoms with Crippen LogP contribution in [0.25, 0.3) is 0 Å². The fourth-order valence-corrected chi connectivity index (χ4v) is 12.5. The van der Waals surface area contributed by atoms with Crippen molar-refractivity contribution in [1.82, 2.24) is 0 Å². The Hall–Kier alpha value is 0.720. The monoisotopic (exact) mass is 490 g/mol. The summed E-state index contributed by atoms with van der Waals surface area (Å²) in [5, 5.41) is 0. The number of hydrogen-bond acceptors (Lipinski definition) is 0. The van der Waals surface area contributed by atoms with Gasteiger partial charge in [-0.2, -0.15) is 0 Å². The second-order valence-electron chi connectivity index (χ2n) is 11.1. The molecule has 0 aliphatic rings. The van der Waals surface area contributed by atoms with Gasteiger partial charge in [0.05, 0.1) is 0 Å². The predicted molar refractivity (Wildman–Crippen MR) is 157 cm³/mol. The molecule has 0 aliphatic carbocycles. The third kappa shape index (κ3) is 18.1. The van der Waals surface area contributed by atoms with Crippen LogP contribution in [0, 0.1) is 0 Å². The van der Waals surface area contributed by atoms with Gasteiger partial charge in [-0.25, -0.2) is 0 Å². The third-order valence-corrected chi connectivity index (χ3v) is 15.5. The molecule has 196 valence electrons. The maximum atomic E-state index is 7.73. The average molecular weight is 491 g/mol. The second kappa shape index (κ2) is 22.2. The minimum atomic E-state index is -1.98. The summed E-state index contributed by atoms with van der Waals surface area (Å²) >= 11 is 7.73. The Morgan fingerprint density at radius 2 is 0.531 bits per heavy atom. The zero-order valence-electron chi connectivity index (χ0n) is 23.2. The van der Waals surface area contributed by atoms with Gasteiger partial charge in [0, 0.05) is 0 Å². The number of halogens is 1. The second-order valence-corrected chi connectivity index (χ2v) is 19.4. The number of unbranched alkanes of at least 4 members (excludes halogenated alkanes) is 18. The Balaban J connectivity index is 3.88. The average Bonchev–Trinajstić information content (AvgIpc) is 2.80. The molecule has 0 atom stereocenters. The van der Waals surface area contributed by atoms with Crippen molar-refractivity contribution < 1.29 is 0 Å². The molecule has 0 saturated carbocycles. The molecule has 0 fully saturated rings. The van der Waals surface area contributed by atoms with Crippen LogP contribution in [-0.2, 0) is 0 Å². The molecule has 0 radical (unpaired) electrons. The van der Waals surface area contributed by atoms with Gasteiger partial charge in [0.1, 0.15) is 0 Å². The van der Waals surface area contributed by atoms with E-state index in [1.807, 2.05) is 0 Å². The molecule has 0 heterocycles. The van der Waals surface area contributed by atoms with Crippen LogP contribution in [0.2, 0.25) is 0 Å². The molecule has 0 bridgehead atoms. The summed E-state index contributed by atoms with van der Waals surface area (Å²) in [7, 11) is 0. The van der Waals surface area contributed by atoms with Gasteiger partial charge < -0.3 is 0 Å². The van der Waals surface area contributed by atoms with E-state index in [9.17, 15) is 0 Å². The van der Waals surface area contributed by atoms with Gasteiger partial charge in [0.25, 0.3) is 0 Å². The van der Waals surface area contributed by atoms with Crippen molar-refractivity contribution in [3.63, 3.8) is 0 Å². The fraction of sp³-hybridized carbons (Fsp3) is 1.00. The summed E-state index contributed by atoms with van der Waals surface area (Å²) in [6.45, 7) is 9.32. The molecular weight excluding hydrogens is 427 g/mol. The van der Waals surface area contributed by atoms with Crippen LogP contribution in [0.5, 0.6) is 0 Å². The van der Waals surface area contributed by atoms with Crippen molar-refractivity contribution in [3.8, 4) is 0 Å². The van der Waals surface area contributed by atoms with Crippen LogP contribution < -0.4 is 0 Å². The Morgan fingerprint density at radius 1 is 0.312 bits per heavy atom. The first-order chi connectivity index (χ1) is 15.5. The van der Waals surface area contributed by atoms with Crippen molar-refractivity contribution >= 4 is 17.2 Å². The van der Waals surface area contributed by atoms with Crippen molar-refractivity contribution in [3.05, 3.63) is 0 Å². The van der Waals surface area contributed by atoms with Crippen LogP contribution >= 0.6 is 17.2 Å². The molecule has 0 amide bonds. The minimum absolute atomic E-state index is 1.31. The summed E-state index contributed by atoms with van der Waals surface area (Å²) in [4.78, 5) is 0. The third-order valence-electron chi connectivity index (χ3n) is 7.78. The Bertz CT molecular complexity index is 356. The van der Waals surface area contributed by atoms with E-state index in [-0.39, 0.29) is 0 Å². The van der Waals surface area contributed by atoms with Gasteiger partial charge in [0.2, 0.25) is 0 Å². The predicted octanol–water partition coefficient (Wildman–Crippen LogP) is 12.4. The topological polar surface area (TPSA) is 0 Å².